The van der Waals surface area contributed by atoms with Gasteiger partial charge >= 0.3 is 6.18 Å². The van der Waals surface area contributed by atoms with Crippen molar-refractivity contribution in [3.63, 3.8) is 0 Å². The number of alkyl halides is 3. The standard InChI is InChI=1S/C22H21F3N2O3/c1-21-10-11-27(18(21)12-21)19(28)13-26-20(29)14-2-6-16(7-3-14)30-17-8-4-15(5-9-17)22(23,24)25/h2-9,18H,10-13H2,1H3,(H,26,29). The van der Waals surface area contributed by atoms with Gasteiger partial charge in [0, 0.05) is 18.2 Å². The van der Waals surface area contributed by atoms with E-state index in [2.05, 4.69) is 12.2 Å². The van der Waals surface area contributed by atoms with Crippen LogP contribution in [-0.2, 0) is 11.0 Å². The number of likely N-dealkylation sites (tertiary alicyclic amines) is 1. The Bertz CT molecular complexity index is 957. The molecule has 2 aliphatic rings. The average molecular weight is 418 g/mol. The zero-order valence-electron chi connectivity index (χ0n) is 16.3. The van der Waals surface area contributed by atoms with E-state index in [0.717, 1.165) is 31.5 Å². The van der Waals surface area contributed by atoms with Crippen molar-refractivity contribution in [2.45, 2.75) is 32.0 Å². The number of halogens is 3. The van der Waals surface area contributed by atoms with Gasteiger partial charge in [0.1, 0.15) is 11.5 Å². The molecular weight excluding hydrogens is 397 g/mol. The Balaban J connectivity index is 1.29. The molecule has 1 N–H and O–H groups in total. The smallest absolute Gasteiger partial charge is 0.416 e. The predicted octanol–water partition coefficient (Wildman–Crippen LogP) is 4.24. The normalized spacial score (nSPS) is 22.4. The van der Waals surface area contributed by atoms with Crippen LogP contribution in [0.2, 0.25) is 0 Å². The van der Waals surface area contributed by atoms with Crippen molar-refractivity contribution in [2.75, 3.05) is 13.1 Å². The topological polar surface area (TPSA) is 58.6 Å². The number of carbonyl (C=O) groups is 2. The lowest BCUT2D eigenvalue weighted by Crippen LogP contribution is -2.40. The van der Waals surface area contributed by atoms with Crippen molar-refractivity contribution in [1.29, 1.82) is 0 Å². The molecule has 8 heteroatoms. The van der Waals surface area contributed by atoms with E-state index in [9.17, 15) is 22.8 Å². The molecule has 0 aromatic heterocycles. The van der Waals surface area contributed by atoms with Gasteiger partial charge in [0.05, 0.1) is 12.1 Å². The summed E-state index contributed by atoms with van der Waals surface area (Å²) >= 11 is 0. The summed E-state index contributed by atoms with van der Waals surface area (Å²) in [6, 6.07) is 10.8. The summed E-state index contributed by atoms with van der Waals surface area (Å²) in [5.41, 5.74) is -0.125. The lowest BCUT2D eigenvalue weighted by molar-refractivity contribution is -0.137. The van der Waals surface area contributed by atoms with Crippen LogP contribution in [-0.4, -0.2) is 35.8 Å². The molecule has 0 radical (unpaired) electrons. The van der Waals surface area contributed by atoms with Crippen LogP contribution < -0.4 is 10.1 Å². The number of nitrogens with one attached hydrogen (secondary N) is 1. The second kappa shape index (κ2) is 7.34. The van der Waals surface area contributed by atoms with Crippen LogP contribution in [0.5, 0.6) is 11.5 Å². The molecule has 0 bridgehead atoms. The fourth-order valence-electron chi connectivity index (χ4n) is 3.85. The van der Waals surface area contributed by atoms with Crippen molar-refractivity contribution in [2.24, 2.45) is 5.41 Å². The highest BCUT2D eigenvalue weighted by molar-refractivity contribution is 5.96. The molecule has 1 aliphatic heterocycles. The molecule has 158 valence electrons. The molecule has 2 aromatic rings. The van der Waals surface area contributed by atoms with Gasteiger partial charge in [0.15, 0.2) is 0 Å². The maximum absolute atomic E-state index is 12.6. The minimum Gasteiger partial charge on any atom is -0.457 e. The number of nitrogens with zero attached hydrogens (tertiary/aromatic N) is 1. The van der Waals surface area contributed by atoms with Crippen molar-refractivity contribution >= 4 is 11.8 Å². The largest absolute Gasteiger partial charge is 0.457 e. The van der Waals surface area contributed by atoms with Crippen molar-refractivity contribution in [1.82, 2.24) is 10.2 Å². The first-order valence-electron chi connectivity index (χ1n) is 9.69. The molecule has 0 spiro atoms. The summed E-state index contributed by atoms with van der Waals surface area (Å²) in [7, 11) is 0. The maximum Gasteiger partial charge on any atom is 0.416 e. The highest BCUT2D eigenvalue weighted by Crippen LogP contribution is 2.56. The Hall–Kier alpha value is -3.03. The second-order valence-electron chi connectivity index (χ2n) is 8.04. The Labute approximate surface area is 171 Å². The Morgan fingerprint density at radius 2 is 1.70 bits per heavy atom. The number of hydrogen-bond acceptors (Lipinski definition) is 3. The molecule has 1 heterocycles. The summed E-state index contributed by atoms with van der Waals surface area (Å²) in [6.45, 7) is 2.87. The van der Waals surface area contributed by atoms with E-state index < -0.39 is 11.7 Å². The average Bonchev–Trinajstić information content (AvgIpc) is 3.26. The summed E-state index contributed by atoms with van der Waals surface area (Å²) in [6.07, 6.45) is -2.35. The summed E-state index contributed by atoms with van der Waals surface area (Å²) in [5, 5.41) is 2.64. The third-order valence-electron chi connectivity index (χ3n) is 5.86. The summed E-state index contributed by atoms with van der Waals surface area (Å²) in [5.74, 6) is 0.190. The molecule has 1 saturated heterocycles. The van der Waals surface area contributed by atoms with Crippen molar-refractivity contribution in [3.8, 4) is 11.5 Å². The quantitative estimate of drug-likeness (QED) is 0.790. The number of amides is 2. The number of rotatable bonds is 5. The fourth-order valence-corrected chi connectivity index (χ4v) is 3.85. The number of piperidine rings is 1. The molecule has 5 nitrogen and oxygen atoms in total. The van der Waals surface area contributed by atoms with Gasteiger partial charge in [-0.15, -0.1) is 0 Å². The number of ether oxygens (including phenoxy) is 1. The third kappa shape index (κ3) is 4.13. The number of carbonyl (C=O) groups excluding carboxylic acids is 2. The molecule has 2 amide bonds. The molecule has 4 rings (SSSR count). The predicted molar refractivity (Wildman–Crippen MR) is 103 cm³/mol. The van der Waals surface area contributed by atoms with E-state index in [1.54, 1.807) is 12.1 Å². The maximum atomic E-state index is 12.6. The van der Waals surface area contributed by atoms with Crippen LogP contribution in [0.3, 0.4) is 0 Å². The minimum atomic E-state index is -4.40. The minimum absolute atomic E-state index is 0.0464. The highest BCUT2D eigenvalue weighted by atomic mass is 19.4. The Morgan fingerprint density at radius 3 is 2.20 bits per heavy atom. The van der Waals surface area contributed by atoms with Gasteiger partial charge in [-0.2, -0.15) is 13.2 Å². The van der Waals surface area contributed by atoms with Crippen LogP contribution >= 0.6 is 0 Å². The number of fused-ring (bicyclic) bond motifs is 1. The Morgan fingerprint density at radius 1 is 1.10 bits per heavy atom. The lowest BCUT2D eigenvalue weighted by Gasteiger charge is -2.18. The highest BCUT2D eigenvalue weighted by Gasteiger charge is 2.58. The number of benzene rings is 2. The van der Waals surface area contributed by atoms with E-state index in [1.807, 2.05) is 4.90 Å². The van der Waals surface area contributed by atoms with Crippen LogP contribution in [0.4, 0.5) is 13.2 Å². The van der Waals surface area contributed by atoms with Crippen molar-refractivity contribution in [3.05, 3.63) is 59.7 Å². The van der Waals surface area contributed by atoms with Gasteiger partial charge in [-0.1, -0.05) is 6.92 Å². The lowest BCUT2D eigenvalue weighted by atomic mass is 10.1. The van der Waals surface area contributed by atoms with Crippen LogP contribution in [0.1, 0.15) is 35.7 Å². The van der Waals surface area contributed by atoms with E-state index >= 15 is 0 Å². The number of hydrogen-bond donors (Lipinski definition) is 1. The van der Waals surface area contributed by atoms with Crippen LogP contribution in [0.15, 0.2) is 48.5 Å². The molecule has 2 atom stereocenters. The molecule has 30 heavy (non-hydrogen) atoms. The fraction of sp³-hybridized carbons (Fsp3) is 0.364. The van der Waals surface area contributed by atoms with Crippen LogP contribution in [0, 0.1) is 5.41 Å². The van der Waals surface area contributed by atoms with Gasteiger partial charge in [-0.3, -0.25) is 9.59 Å². The summed E-state index contributed by atoms with van der Waals surface area (Å²) < 4.78 is 43.3. The third-order valence-corrected chi connectivity index (χ3v) is 5.86. The first-order valence-corrected chi connectivity index (χ1v) is 9.69. The molecule has 2 aromatic carbocycles. The molecule has 2 fully saturated rings. The zero-order valence-corrected chi connectivity index (χ0v) is 16.3. The van der Waals surface area contributed by atoms with Gasteiger partial charge in [-0.25, -0.2) is 0 Å². The van der Waals surface area contributed by atoms with Gasteiger partial charge in [0.2, 0.25) is 5.91 Å². The van der Waals surface area contributed by atoms with E-state index in [4.69, 9.17) is 4.74 Å². The Kier molecular flexibility index (Phi) is 4.95. The molecular formula is C22H21F3N2O3. The second-order valence-corrected chi connectivity index (χ2v) is 8.04. The van der Waals surface area contributed by atoms with E-state index in [1.165, 1.54) is 24.3 Å². The molecule has 1 aliphatic carbocycles. The van der Waals surface area contributed by atoms with E-state index in [-0.39, 0.29) is 29.5 Å². The van der Waals surface area contributed by atoms with Gasteiger partial charge < -0.3 is 15.0 Å². The first-order chi connectivity index (χ1) is 14.2. The zero-order chi connectivity index (χ0) is 21.5. The monoisotopic (exact) mass is 418 g/mol. The van der Waals surface area contributed by atoms with Crippen LogP contribution in [0.25, 0.3) is 0 Å². The SMILES string of the molecule is CC12CCN(C(=O)CNC(=O)c3ccc(Oc4ccc(C(F)(F)F)cc4)cc3)C1C2. The van der Waals surface area contributed by atoms with Crippen molar-refractivity contribution < 1.29 is 27.5 Å². The van der Waals surface area contributed by atoms with Gasteiger partial charge in [-0.05, 0) is 66.8 Å². The summed E-state index contributed by atoms with van der Waals surface area (Å²) in [4.78, 5) is 26.5. The van der Waals surface area contributed by atoms with E-state index in [0.29, 0.717) is 17.4 Å². The van der Waals surface area contributed by atoms with Gasteiger partial charge in [0.25, 0.3) is 5.91 Å². The molecule has 1 saturated carbocycles. The molecule has 2 unspecified atom stereocenters. The first kappa shape index (κ1) is 20.3.